The van der Waals surface area contributed by atoms with Crippen molar-refractivity contribution in [1.82, 2.24) is 0 Å². The lowest BCUT2D eigenvalue weighted by Gasteiger charge is -2.12. The van der Waals surface area contributed by atoms with E-state index < -0.39 is 5.92 Å². The molecular weight excluding hydrogens is 262 g/mol. The molecule has 0 saturated carbocycles. The molecule has 104 valence electrons. The highest BCUT2D eigenvalue weighted by molar-refractivity contribution is 6.23. The van der Waals surface area contributed by atoms with Crippen molar-refractivity contribution in [2.75, 3.05) is 5.01 Å². The molecule has 1 aliphatic rings. The molecule has 1 amide bonds. The van der Waals surface area contributed by atoms with Crippen molar-refractivity contribution in [3.8, 4) is 0 Å². The number of aliphatic imine (C=N–C) groups is 1. The molecule has 0 unspecified atom stereocenters. The molecule has 0 radical (unpaired) electrons. The summed E-state index contributed by atoms with van der Waals surface area (Å²) in [6, 6.07) is 19.0. The van der Waals surface area contributed by atoms with Gasteiger partial charge >= 0.3 is 0 Å². The van der Waals surface area contributed by atoms with Crippen LogP contribution in [0.15, 0.2) is 70.8 Å². The first-order valence-electron chi connectivity index (χ1n) is 6.79. The Bertz CT molecular complexity index is 692. The normalized spacial score (nSPS) is 18.3. The highest BCUT2D eigenvalue weighted by Crippen LogP contribution is 2.23. The van der Waals surface area contributed by atoms with Crippen LogP contribution in [-0.2, 0) is 4.79 Å². The van der Waals surface area contributed by atoms with Crippen LogP contribution in [0.3, 0.4) is 0 Å². The summed E-state index contributed by atoms with van der Waals surface area (Å²) < 4.78 is 0. The van der Waals surface area contributed by atoms with E-state index in [1.54, 1.807) is 6.21 Å². The Morgan fingerprint density at radius 1 is 1.05 bits per heavy atom. The van der Waals surface area contributed by atoms with Crippen LogP contribution in [0.1, 0.15) is 6.92 Å². The lowest BCUT2D eigenvalue weighted by molar-refractivity contribution is -0.118. The van der Waals surface area contributed by atoms with E-state index >= 15 is 0 Å². The first-order chi connectivity index (χ1) is 10.3. The van der Waals surface area contributed by atoms with Gasteiger partial charge in [-0.15, -0.1) is 0 Å². The standard InChI is InChI=1S/C17H15N3O/c1-13-16(12-18-14-8-4-2-5-9-14)17(21)20(19-13)15-10-6-3-7-11-15/h2-12,16H,1H3/t16-/m0/s1. The molecule has 2 aromatic carbocycles. The topological polar surface area (TPSA) is 45.0 Å². The number of para-hydroxylation sites is 2. The molecule has 0 spiro atoms. The first kappa shape index (κ1) is 13.2. The number of carbonyl (C=O) groups excluding carboxylic acids is 1. The monoisotopic (exact) mass is 277 g/mol. The van der Waals surface area contributed by atoms with Gasteiger partial charge in [0.1, 0.15) is 5.92 Å². The van der Waals surface area contributed by atoms with Crippen molar-refractivity contribution in [2.24, 2.45) is 16.0 Å². The molecule has 0 aromatic heterocycles. The zero-order valence-corrected chi connectivity index (χ0v) is 11.7. The number of amides is 1. The maximum Gasteiger partial charge on any atom is 0.261 e. The summed E-state index contributed by atoms with van der Waals surface area (Å²) in [5.41, 5.74) is 2.36. The molecule has 4 nitrogen and oxygen atoms in total. The third-order valence-electron chi connectivity index (χ3n) is 3.31. The average Bonchev–Trinajstić information content (AvgIpc) is 2.82. The average molecular weight is 277 g/mol. The van der Waals surface area contributed by atoms with Crippen molar-refractivity contribution < 1.29 is 4.79 Å². The van der Waals surface area contributed by atoms with Gasteiger partial charge in [-0.3, -0.25) is 9.79 Å². The minimum Gasteiger partial charge on any atom is -0.271 e. The number of nitrogens with zero attached hydrogens (tertiary/aromatic N) is 3. The van der Waals surface area contributed by atoms with Gasteiger partial charge in [-0.1, -0.05) is 36.4 Å². The highest BCUT2D eigenvalue weighted by Gasteiger charge is 2.32. The summed E-state index contributed by atoms with van der Waals surface area (Å²) in [4.78, 5) is 16.8. The van der Waals surface area contributed by atoms with E-state index in [0.29, 0.717) is 0 Å². The van der Waals surface area contributed by atoms with Crippen LogP contribution in [0, 0.1) is 5.92 Å². The molecule has 1 atom stereocenters. The van der Waals surface area contributed by atoms with Crippen LogP contribution >= 0.6 is 0 Å². The lowest BCUT2D eigenvalue weighted by Crippen LogP contribution is -2.27. The Balaban J connectivity index is 1.81. The predicted molar refractivity (Wildman–Crippen MR) is 85.1 cm³/mol. The van der Waals surface area contributed by atoms with Gasteiger partial charge in [0.05, 0.1) is 17.1 Å². The fourth-order valence-electron chi connectivity index (χ4n) is 2.18. The molecule has 2 aromatic rings. The van der Waals surface area contributed by atoms with E-state index in [1.165, 1.54) is 5.01 Å². The van der Waals surface area contributed by atoms with E-state index in [0.717, 1.165) is 17.1 Å². The van der Waals surface area contributed by atoms with E-state index in [9.17, 15) is 4.79 Å². The zero-order chi connectivity index (χ0) is 14.7. The number of hydrogen-bond donors (Lipinski definition) is 0. The number of anilines is 1. The van der Waals surface area contributed by atoms with Crippen molar-refractivity contribution in [1.29, 1.82) is 0 Å². The summed E-state index contributed by atoms with van der Waals surface area (Å²) in [6.45, 7) is 1.85. The van der Waals surface area contributed by atoms with Crippen molar-refractivity contribution in [3.05, 3.63) is 60.7 Å². The number of hydrazone groups is 1. The summed E-state index contributed by atoms with van der Waals surface area (Å²) >= 11 is 0. The fourth-order valence-corrected chi connectivity index (χ4v) is 2.18. The molecule has 4 heteroatoms. The Hall–Kier alpha value is -2.75. The van der Waals surface area contributed by atoms with Crippen LogP contribution < -0.4 is 5.01 Å². The molecular formula is C17H15N3O. The molecule has 0 saturated heterocycles. The number of rotatable bonds is 3. The highest BCUT2D eigenvalue weighted by atomic mass is 16.2. The Morgan fingerprint density at radius 2 is 1.67 bits per heavy atom. The lowest BCUT2D eigenvalue weighted by atomic mass is 10.1. The third-order valence-corrected chi connectivity index (χ3v) is 3.31. The fraction of sp³-hybridized carbons (Fsp3) is 0.118. The quantitative estimate of drug-likeness (QED) is 0.793. The van der Waals surface area contributed by atoms with Gasteiger partial charge in [0.25, 0.3) is 5.91 Å². The zero-order valence-electron chi connectivity index (χ0n) is 11.7. The van der Waals surface area contributed by atoms with E-state index in [4.69, 9.17) is 0 Å². The molecule has 3 rings (SSSR count). The maximum atomic E-state index is 12.5. The molecule has 0 bridgehead atoms. The van der Waals surface area contributed by atoms with Gasteiger partial charge in [-0.05, 0) is 31.2 Å². The first-order valence-corrected chi connectivity index (χ1v) is 6.79. The van der Waals surface area contributed by atoms with Gasteiger partial charge in [-0.25, -0.2) is 0 Å². The number of carbonyl (C=O) groups is 1. The van der Waals surface area contributed by atoms with Crippen LogP contribution in [-0.4, -0.2) is 17.8 Å². The summed E-state index contributed by atoms with van der Waals surface area (Å²) in [5, 5.41) is 5.78. The van der Waals surface area contributed by atoms with Crippen molar-refractivity contribution in [2.45, 2.75) is 6.92 Å². The molecule has 0 fully saturated rings. The molecule has 0 aliphatic carbocycles. The van der Waals surface area contributed by atoms with Crippen LogP contribution in [0.5, 0.6) is 0 Å². The largest absolute Gasteiger partial charge is 0.271 e. The SMILES string of the molecule is CC1=NN(c2ccccc2)C(=O)[C@H]1C=Nc1ccccc1. The molecule has 0 N–H and O–H groups in total. The smallest absolute Gasteiger partial charge is 0.261 e. The predicted octanol–water partition coefficient (Wildman–Crippen LogP) is 3.43. The summed E-state index contributed by atoms with van der Waals surface area (Å²) in [6.07, 6.45) is 1.67. The second kappa shape index (κ2) is 5.71. The minimum absolute atomic E-state index is 0.0709. The molecule has 1 heterocycles. The van der Waals surface area contributed by atoms with E-state index in [-0.39, 0.29) is 5.91 Å². The van der Waals surface area contributed by atoms with Crippen LogP contribution in [0.2, 0.25) is 0 Å². The second-order valence-electron chi connectivity index (χ2n) is 4.82. The Morgan fingerprint density at radius 3 is 2.33 bits per heavy atom. The summed E-state index contributed by atoms with van der Waals surface area (Å²) in [7, 11) is 0. The maximum absolute atomic E-state index is 12.5. The Labute approximate surface area is 123 Å². The number of hydrogen-bond acceptors (Lipinski definition) is 3. The third kappa shape index (κ3) is 2.74. The summed E-state index contributed by atoms with van der Waals surface area (Å²) in [5.74, 6) is -0.469. The van der Waals surface area contributed by atoms with Gasteiger partial charge in [0.15, 0.2) is 0 Å². The number of benzene rings is 2. The van der Waals surface area contributed by atoms with Crippen molar-refractivity contribution in [3.63, 3.8) is 0 Å². The van der Waals surface area contributed by atoms with Crippen LogP contribution in [0.25, 0.3) is 0 Å². The van der Waals surface area contributed by atoms with E-state index in [2.05, 4.69) is 10.1 Å². The molecule has 1 aliphatic heterocycles. The second-order valence-corrected chi connectivity index (χ2v) is 4.82. The minimum atomic E-state index is -0.398. The van der Waals surface area contributed by atoms with Gasteiger partial charge < -0.3 is 0 Å². The van der Waals surface area contributed by atoms with Gasteiger partial charge in [0.2, 0.25) is 0 Å². The van der Waals surface area contributed by atoms with E-state index in [1.807, 2.05) is 67.6 Å². The van der Waals surface area contributed by atoms with Crippen LogP contribution in [0.4, 0.5) is 11.4 Å². The molecule has 21 heavy (non-hydrogen) atoms. The Kier molecular flexibility index (Phi) is 3.60. The van der Waals surface area contributed by atoms with Gasteiger partial charge in [-0.2, -0.15) is 10.1 Å². The van der Waals surface area contributed by atoms with Crippen molar-refractivity contribution >= 4 is 29.2 Å². The van der Waals surface area contributed by atoms with Gasteiger partial charge in [0, 0.05) is 6.21 Å².